The number of nitrogens with zero attached hydrogens (tertiary/aromatic N) is 2. The standard InChI is InChI=1S/C18H22N4OS.2ClH/c1-18(19)9-4-2-6-14(18)17(23)22-13-8-11-21-16(12-13)24-15-7-3-5-10-20-15;;/h3,5,7-8,10-12,14H,2,4,6,9,19H2,1H3,(H,21,22,23);2*1H. The van der Waals surface area contributed by atoms with Gasteiger partial charge in [0.1, 0.15) is 10.1 Å². The first-order valence-electron chi connectivity index (χ1n) is 8.19. The van der Waals surface area contributed by atoms with Crippen molar-refractivity contribution in [3.63, 3.8) is 0 Å². The molecular weight excluding hydrogens is 391 g/mol. The van der Waals surface area contributed by atoms with E-state index in [4.69, 9.17) is 5.73 Å². The minimum atomic E-state index is -0.430. The van der Waals surface area contributed by atoms with Crippen LogP contribution in [0.15, 0.2) is 52.8 Å². The summed E-state index contributed by atoms with van der Waals surface area (Å²) in [6, 6.07) is 9.42. The Bertz CT molecular complexity index is 715. The van der Waals surface area contributed by atoms with E-state index in [1.807, 2.05) is 31.2 Å². The lowest BCUT2D eigenvalue weighted by molar-refractivity contribution is -0.122. The zero-order valence-electron chi connectivity index (χ0n) is 14.6. The van der Waals surface area contributed by atoms with E-state index >= 15 is 0 Å². The molecule has 5 nitrogen and oxygen atoms in total. The fraction of sp³-hybridized carbons (Fsp3) is 0.389. The third kappa shape index (κ3) is 5.84. The van der Waals surface area contributed by atoms with Crippen molar-refractivity contribution in [2.75, 3.05) is 5.32 Å². The number of aromatic nitrogens is 2. The first kappa shape index (κ1) is 22.7. The van der Waals surface area contributed by atoms with Crippen LogP contribution in [-0.4, -0.2) is 21.4 Å². The summed E-state index contributed by atoms with van der Waals surface area (Å²) < 4.78 is 0. The summed E-state index contributed by atoms with van der Waals surface area (Å²) >= 11 is 1.47. The second-order valence-corrected chi connectivity index (χ2v) is 7.49. The molecule has 142 valence electrons. The van der Waals surface area contributed by atoms with Crippen LogP contribution in [0, 0.1) is 5.92 Å². The van der Waals surface area contributed by atoms with Crippen molar-refractivity contribution in [2.24, 2.45) is 11.7 Å². The van der Waals surface area contributed by atoms with Gasteiger partial charge in [0, 0.05) is 23.6 Å². The molecule has 1 aliphatic carbocycles. The molecule has 3 rings (SSSR count). The number of carbonyl (C=O) groups excluding carboxylic acids is 1. The van der Waals surface area contributed by atoms with Gasteiger partial charge >= 0.3 is 0 Å². The maximum atomic E-state index is 12.6. The van der Waals surface area contributed by atoms with Gasteiger partial charge in [-0.05, 0) is 44.0 Å². The molecule has 0 aliphatic heterocycles. The number of anilines is 1. The number of hydrogen-bond acceptors (Lipinski definition) is 5. The highest BCUT2D eigenvalue weighted by molar-refractivity contribution is 7.99. The van der Waals surface area contributed by atoms with Crippen LogP contribution in [0.2, 0.25) is 0 Å². The molecule has 2 aromatic heterocycles. The maximum Gasteiger partial charge on any atom is 0.229 e. The van der Waals surface area contributed by atoms with Gasteiger partial charge in [0.15, 0.2) is 0 Å². The Balaban J connectivity index is 0.00000169. The molecule has 8 heteroatoms. The average Bonchev–Trinajstić information content (AvgIpc) is 2.55. The molecule has 0 aromatic carbocycles. The van der Waals surface area contributed by atoms with E-state index in [0.717, 1.165) is 41.4 Å². The summed E-state index contributed by atoms with van der Waals surface area (Å²) in [5, 5.41) is 4.67. The van der Waals surface area contributed by atoms with E-state index in [1.165, 1.54) is 11.8 Å². The van der Waals surface area contributed by atoms with Crippen LogP contribution in [0.5, 0.6) is 0 Å². The molecule has 1 aliphatic rings. The number of hydrogen-bond donors (Lipinski definition) is 2. The number of halogens is 2. The Labute approximate surface area is 170 Å². The quantitative estimate of drug-likeness (QED) is 0.778. The minimum Gasteiger partial charge on any atom is -0.326 e. The Hall–Kier alpha value is -1.34. The average molecular weight is 415 g/mol. The number of nitrogens with two attached hydrogens (primary N) is 1. The fourth-order valence-corrected chi connectivity index (χ4v) is 3.85. The van der Waals surface area contributed by atoms with Crippen molar-refractivity contribution in [3.05, 3.63) is 42.7 Å². The Kier molecular flexibility index (Phi) is 8.83. The number of pyridine rings is 2. The molecule has 0 spiro atoms. The monoisotopic (exact) mass is 414 g/mol. The van der Waals surface area contributed by atoms with Gasteiger partial charge in [-0.3, -0.25) is 4.79 Å². The molecule has 0 saturated heterocycles. The molecule has 0 bridgehead atoms. The molecule has 2 unspecified atom stereocenters. The van der Waals surface area contributed by atoms with Gasteiger partial charge in [0.2, 0.25) is 5.91 Å². The Morgan fingerprint density at radius 3 is 2.65 bits per heavy atom. The number of carbonyl (C=O) groups is 1. The third-order valence-electron chi connectivity index (χ3n) is 4.42. The molecule has 2 aromatic rings. The van der Waals surface area contributed by atoms with Gasteiger partial charge in [-0.2, -0.15) is 0 Å². The van der Waals surface area contributed by atoms with E-state index in [1.54, 1.807) is 18.5 Å². The summed E-state index contributed by atoms with van der Waals surface area (Å²) in [6.07, 6.45) is 7.34. The summed E-state index contributed by atoms with van der Waals surface area (Å²) in [6.45, 7) is 1.98. The molecule has 3 N–H and O–H groups in total. The van der Waals surface area contributed by atoms with Gasteiger partial charge in [-0.1, -0.05) is 30.7 Å². The molecule has 1 amide bonds. The summed E-state index contributed by atoms with van der Waals surface area (Å²) in [7, 11) is 0. The molecular formula is C18H24Cl2N4OS. The first-order valence-corrected chi connectivity index (χ1v) is 9.01. The van der Waals surface area contributed by atoms with E-state index in [-0.39, 0.29) is 36.6 Å². The van der Waals surface area contributed by atoms with Crippen molar-refractivity contribution >= 4 is 48.2 Å². The maximum absolute atomic E-state index is 12.6. The van der Waals surface area contributed by atoms with Crippen molar-refractivity contribution in [3.8, 4) is 0 Å². The number of rotatable bonds is 4. The predicted molar refractivity (Wildman–Crippen MR) is 110 cm³/mol. The summed E-state index contributed by atoms with van der Waals surface area (Å²) in [5.41, 5.74) is 6.64. The molecule has 26 heavy (non-hydrogen) atoms. The van der Waals surface area contributed by atoms with E-state index in [9.17, 15) is 4.79 Å². The topological polar surface area (TPSA) is 80.9 Å². The van der Waals surface area contributed by atoms with Crippen molar-refractivity contribution in [1.82, 2.24) is 9.97 Å². The minimum absolute atomic E-state index is 0. The molecule has 1 saturated carbocycles. The SMILES string of the molecule is CC1(N)CCCCC1C(=O)Nc1ccnc(Sc2ccccn2)c1.Cl.Cl. The van der Waals surface area contributed by atoms with Gasteiger partial charge in [0.05, 0.1) is 5.92 Å². The van der Waals surface area contributed by atoms with Crippen LogP contribution in [0.25, 0.3) is 0 Å². The highest BCUT2D eigenvalue weighted by atomic mass is 35.5. The van der Waals surface area contributed by atoms with Gasteiger partial charge in [0.25, 0.3) is 0 Å². The van der Waals surface area contributed by atoms with Crippen molar-refractivity contribution in [1.29, 1.82) is 0 Å². The van der Waals surface area contributed by atoms with E-state index in [2.05, 4.69) is 15.3 Å². The van der Waals surface area contributed by atoms with Crippen LogP contribution >= 0.6 is 36.6 Å². The van der Waals surface area contributed by atoms with E-state index in [0.29, 0.717) is 0 Å². The lowest BCUT2D eigenvalue weighted by Gasteiger charge is -2.37. The Morgan fingerprint density at radius 1 is 1.19 bits per heavy atom. The second-order valence-electron chi connectivity index (χ2n) is 6.45. The smallest absolute Gasteiger partial charge is 0.229 e. The largest absolute Gasteiger partial charge is 0.326 e. The van der Waals surface area contributed by atoms with Crippen LogP contribution in [0.1, 0.15) is 32.6 Å². The highest BCUT2D eigenvalue weighted by Crippen LogP contribution is 2.33. The molecule has 2 atom stereocenters. The highest BCUT2D eigenvalue weighted by Gasteiger charge is 2.37. The zero-order valence-corrected chi connectivity index (χ0v) is 17.0. The zero-order chi connectivity index (χ0) is 17.0. The lowest BCUT2D eigenvalue weighted by Crippen LogP contribution is -2.51. The second kappa shape index (κ2) is 10.1. The van der Waals surface area contributed by atoms with Crippen molar-refractivity contribution < 1.29 is 4.79 Å². The molecule has 2 heterocycles. The summed E-state index contributed by atoms with van der Waals surface area (Å²) in [5.74, 6) is -0.147. The first-order chi connectivity index (χ1) is 11.5. The van der Waals surface area contributed by atoms with Crippen LogP contribution < -0.4 is 11.1 Å². The lowest BCUT2D eigenvalue weighted by atomic mass is 9.74. The van der Waals surface area contributed by atoms with Crippen LogP contribution in [0.4, 0.5) is 5.69 Å². The summed E-state index contributed by atoms with van der Waals surface area (Å²) in [4.78, 5) is 21.2. The number of nitrogens with one attached hydrogen (secondary N) is 1. The van der Waals surface area contributed by atoms with Gasteiger partial charge in [-0.25, -0.2) is 9.97 Å². The molecule has 1 fully saturated rings. The van der Waals surface area contributed by atoms with Gasteiger partial charge in [-0.15, -0.1) is 24.8 Å². The molecule has 0 radical (unpaired) electrons. The predicted octanol–water partition coefficient (Wildman–Crippen LogP) is 4.32. The van der Waals surface area contributed by atoms with Crippen LogP contribution in [-0.2, 0) is 4.79 Å². The van der Waals surface area contributed by atoms with Gasteiger partial charge < -0.3 is 11.1 Å². The van der Waals surface area contributed by atoms with Crippen molar-refractivity contribution in [2.45, 2.75) is 48.2 Å². The fourth-order valence-electron chi connectivity index (χ4n) is 3.08. The Morgan fingerprint density at radius 2 is 1.96 bits per heavy atom. The normalized spacial score (nSPS) is 21.8. The van der Waals surface area contributed by atoms with E-state index < -0.39 is 5.54 Å². The van der Waals surface area contributed by atoms with Crippen LogP contribution in [0.3, 0.4) is 0 Å². The number of amides is 1. The third-order valence-corrected chi connectivity index (χ3v) is 5.30.